The summed E-state index contributed by atoms with van der Waals surface area (Å²) >= 11 is 0. The van der Waals surface area contributed by atoms with Crippen LogP contribution in [0, 0.1) is 27.7 Å². The van der Waals surface area contributed by atoms with E-state index in [1.807, 2.05) is 126 Å². The topological polar surface area (TPSA) is 58.9 Å². The second-order valence-corrected chi connectivity index (χ2v) is 11.5. The fourth-order valence-electron chi connectivity index (χ4n) is 6.14. The molecule has 39 heavy (non-hydrogen) atoms. The van der Waals surface area contributed by atoms with Gasteiger partial charge in [-0.05, 0) is 63.8 Å². The Kier molecular flexibility index (Phi) is 7.02. The highest BCUT2D eigenvalue weighted by Crippen LogP contribution is 2.50. The molecule has 0 spiro atoms. The Morgan fingerprint density at radius 2 is 0.821 bits per heavy atom. The minimum Gasteiger partial charge on any atom is -0.378 e. The average molecular weight is 523 g/mol. The minimum absolute atomic E-state index is 0.669. The van der Waals surface area contributed by atoms with E-state index in [1.54, 1.807) is 0 Å². The molecule has 4 aromatic carbocycles. The van der Waals surface area contributed by atoms with Gasteiger partial charge < -0.3 is 19.7 Å². The van der Waals surface area contributed by atoms with Gasteiger partial charge in [0.1, 0.15) is 23.4 Å². The van der Waals surface area contributed by atoms with E-state index in [4.69, 9.17) is 9.47 Å². The maximum Gasteiger partial charge on any atom is 0.164 e. The lowest BCUT2D eigenvalue weighted by atomic mass is 9.71. The van der Waals surface area contributed by atoms with Crippen LogP contribution >= 0.6 is 0 Å². The van der Waals surface area contributed by atoms with Gasteiger partial charge in [-0.15, -0.1) is 0 Å². The summed E-state index contributed by atoms with van der Waals surface area (Å²) in [4.78, 5) is 0. The normalized spacial score (nSPS) is 21.7. The molecule has 4 nitrogen and oxygen atoms in total. The third kappa shape index (κ3) is 4.94. The van der Waals surface area contributed by atoms with Crippen LogP contribution in [0.25, 0.3) is 0 Å². The third-order valence-corrected chi connectivity index (χ3v) is 7.67. The summed E-state index contributed by atoms with van der Waals surface area (Å²) in [6.45, 7) is 11.7. The number of rotatable bonds is 6. The lowest BCUT2D eigenvalue weighted by Gasteiger charge is -2.43. The van der Waals surface area contributed by atoms with E-state index in [0.29, 0.717) is 22.3 Å². The number of benzene rings is 4. The van der Waals surface area contributed by atoms with E-state index < -0.39 is 29.2 Å². The van der Waals surface area contributed by atoms with E-state index in [0.717, 1.165) is 22.3 Å². The maximum absolute atomic E-state index is 13.0. The smallest absolute Gasteiger partial charge is 0.164 e. The van der Waals surface area contributed by atoms with Gasteiger partial charge in [0, 0.05) is 0 Å². The van der Waals surface area contributed by atoms with Gasteiger partial charge in [-0.2, -0.15) is 0 Å². The lowest BCUT2D eigenvalue weighted by molar-refractivity contribution is -0.172. The zero-order valence-electron chi connectivity index (χ0n) is 23.6. The van der Waals surface area contributed by atoms with Crippen LogP contribution < -0.4 is 0 Å². The molecule has 202 valence electrons. The molecule has 0 aromatic heterocycles. The monoisotopic (exact) mass is 522 g/mol. The number of hydrogen-bond acceptors (Lipinski definition) is 4. The molecule has 4 heteroatoms. The zero-order chi connectivity index (χ0) is 28.0. The molecule has 1 saturated heterocycles. The van der Waals surface area contributed by atoms with E-state index >= 15 is 0 Å². The number of aryl methyl sites for hydroxylation is 4. The zero-order valence-corrected chi connectivity index (χ0v) is 23.6. The van der Waals surface area contributed by atoms with Crippen LogP contribution in [-0.2, 0) is 20.7 Å². The predicted octanol–water partition coefficient (Wildman–Crippen LogP) is 6.61. The average Bonchev–Trinajstić information content (AvgIpc) is 3.23. The Morgan fingerprint density at radius 3 is 1.13 bits per heavy atom. The van der Waals surface area contributed by atoms with Crippen molar-refractivity contribution in [2.24, 2.45) is 0 Å². The van der Waals surface area contributed by atoms with Gasteiger partial charge >= 0.3 is 0 Å². The molecule has 1 aliphatic rings. The van der Waals surface area contributed by atoms with Crippen molar-refractivity contribution < 1.29 is 19.7 Å². The molecule has 1 heterocycles. The summed E-state index contributed by atoms with van der Waals surface area (Å²) in [5.41, 5.74) is 3.59. The van der Waals surface area contributed by atoms with Crippen molar-refractivity contribution >= 4 is 0 Å². The molecule has 0 saturated carbocycles. The van der Waals surface area contributed by atoms with Gasteiger partial charge in [0.05, 0.1) is 0 Å². The van der Waals surface area contributed by atoms with E-state index in [-0.39, 0.29) is 0 Å². The first kappa shape index (κ1) is 27.3. The number of ether oxygens (including phenoxy) is 2. The van der Waals surface area contributed by atoms with Crippen molar-refractivity contribution in [3.05, 3.63) is 142 Å². The molecular weight excluding hydrogens is 484 g/mol. The number of hydrogen-bond donors (Lipinski definition) is 2. The minimum atomic E-state index is -1.63. The van der Waals surface area contributed by atoms with Gasteiger partial charge in [0.25, 0.3) is 0 Å². The Bertz CT molecular complexity index is 1310. The quantitative estimate of drug-likeness (QED) is 0.299. The van der Waals surface area contributed by atoms with Crippen molar-refractivity contribution in [3.8, 4) is 0 Å². The lowest BCUT2D eigenvalue weighted by Crippen LogP contribution is -2.55. The van der Waals surface area contributed by atoms with Crippen LogP contribution in [0.1, 0.15) is 58.4 Å². The molecule has 5 rings (SSSR count). The van der Waals surface area contributed by atoms with Gasteiger partial charge in [0.2, 0.25) is 0 Å². The summed E-state index contributed by atoms with van der Waals surface area (Å²) in [7, 11) is 0. The maximum atomic E-state index is 13.0. The van der Waals surface area contributed by atoms with Crippen molar-refractivity contribution in [2.75, 3.05) is 0 Å². The highest BCUT2D eigenvalue weighted by molar-refractivity contribution is 5.46. The summed E-state index contributed by atoms with van der Waals surface area (Å²) in [6, 6.07) is 31.2. The summed E-state index contributed by atoms with van der Waals surface area (Å²) < 4.78 is 13.3. The Hall–Kier alpha value is -3.28. The predicted molar refractivity (Wildman–Crippen MR) is 155 cm³/mol. The molecule has 0 amide bonds. The summed E-state index contributed by atoms with van der Waals surface area (Å²) in [6.07, 6.45) is -1.91. The molecule has 0 unspecified atom stereocenters. The first-order valence-electron chi connectivity index (χ1n) is 13.5. The Morgan fingerprint density at radius 1 is 0.513 bits per heavy atom. The summed E-state index contributed by atoms with van der Waals surface area (Å²) in [5.74, 6) is -1.07. The van der Waals surface area contributed by atoms with E-state index in [9.17, 15) is 10.2 Å². The third-order valence-electron chi connectivity index (χ3n) is 7.67. The van der Waals surface area contributed by atoms with E-state index in [1.165, 1.54) is 0 Å². The van der Waals surface area contributed by atoms with Gasteiger partial charge in [0.15, 0.2) is 5.79 Å². The second kappa shape index (κ2) is 10.0. The molecular formula is C35H38O4. The number of aliphatic hydroxyl groups is 2. The van der Waals surface area contributed by atoms with Crippen LogP contribution in [0.3, 0.4) is 0 Å². The van der Waals surface area contributed by atoms with Crippen molar-refractivity contribution in [2.45, 2.75) is 70.7 Å². The molecule has 0 bridgehead atoms. The second-order valence-electron chi connectivity index (χ2n) is 11.5. The molecule has 2 N–H and O–H groups in total. The molecule has 0 radical (unpaired) electrons. The standard InChI is InChI=1S/C35H38O4/c1-23-17-24(2)20-29(19-23)34(36,27-13-9-7-10-14-27)31-32(39-33(5,6)38-31)35(37,28-15-11-8-12-16-28)30-21-25(3)18-26(4)22-30/h7-22,31-32,36-37H,1-6H3/t31-,32-,34-,35-/m1/s1. The fraction of sp³-hybridized carbons (Fsp3) is 0.314. The van der Waals surface area contributed by atoms with E-state index in [2.05, 4.69) is 12.1 Å². The van der Waals surface area contributed by atoms with Crippen LogP contribution in [0.15, 0.2) is 97.1 Å². The first-order valence-corrected chi connectivity index (χ1v) is 13.5. The highest BCUT2D eigenvalue weighted by atomic mass is 16.8. The Labute approximate surface area is 231 Å². The molecule has 4 aromatic rings. The fourth-order valence-corrected chi connectivity index (χ4v) is 6.14. The molecule has 0 aliphatic carbocycles. The van der Waals surface area contributed by atoms with Crippen molar-refractivity contribution in [3.63, 3.8) is 0 Å². The molecule has 1 aliphatic heterocycles. The van der Waals surface area contributed by atoms with Crippen LogP contribution in [0.2, 0.25) is 0 Å². The highest BCUT2D eigenvalue weighted by Gasteiger charge is 2.61. The Balaban J connectivity index is 1.81. The first-order chi connectivity index (χ1) is 18.4. The van der Waals surface area contributed by atoms with Crippen LogP contribution in [-0.4, -0.2) is 28.2 Å². The SMILES string of the molecule is Cc1cc(C)cc([C@](O)(c2ccccc2)[C@@H]2OC(C)(C)O[C@H]2[C@@](O)(c2ccccc2)c2cc(C)cc(C)c2)c1. The van der Waals surface area contributed by atoms with Gasteiger partial charge in [-0.25, -0.2) is 0 Å². The van der Waals surface area contributed by atoms with Crippen molar-refractivity contribution in [1.82, 2.24) is 0 Å². The molecule has 1 fully saturated rings. The van der Waals surface area contributed by atoms with Crippen molar-refractivity contribution in [1.29, 1.82) is 0 Å². The largest absolute Gasteiger partial charge is 0.378 e. The molecule has 4 atom stereocenters. The van der Waals surface area contributed by atoms with Crippen LogP contribution in [0.5, 0.6) is 0 Å². The van der Waals surface area contributed by atoms with Gasteiger partial charge in [-0.1, -0.05) is 119 Å². The van der Waals surface area contributed by atoms with Gasteiger partial charge in [-0.3, -0.25) is 0 Å². The van der Waals surface area contributed by atoms with Crippen LogP contribution in [0.4, 0.5) is 0 Å². The summed E-state index contributed by atoms with van der Waals surface area (Å²) in [5, 5.41) is 25.9.